The van der Waals surface area contributed by atoms with Gasteiger partial charge in [-0.2, -0.15) is 0 Å². The zero-order chi connectivity index (χ0) is 27.1. The summed E-state index contributed by atoms with van der Waals surface area (Å²) in [5.74, 6) is -1.09. The Bertz CT molecular complexity index is 960. The van der Waals surface area contributed by atoms with Crippen LogP contribution in [-0.2, 0) is 25.4 Å². The van der Waals surface area contributed by atoms with E-state index in [1.165, 1.54) is 14.2 Å². The summed E-state index contributed by atoms with van der Waals surface area (Å²) in [6.45, 7) is 12.4. The summed E-state index contributed by atoms with van der Waals surface area (Å²) in [6, 6.07) is 17.6. The molecule has 7 nitrogen and oxygen atoms in total. The molecule has 1 aliphatic heterocycles. The first-order chi connectivity index (χ1) is 16.8. The second-order valence-electron chi connectivity index (χ2n) is 10.9. The van der Waals surface area contributed by atoms with E-state index in [9.17, 15) is 14.7 Å². The Kier molecular flexibility index (Phi) is 10.2. The molecular formula is C29H41NO6. The van der Waals surface area contributed by atoms with Crippen molar-refractivity contribution in [3.8, 4) is 11.1 Å². The summed E-state index contributed by atoms with van der Waals surface area (Å²) in [5.41, 5.74) is 3.16. The van der Waals surface area contributed by atoms with Crippen LogP contribution in [0.25, 0.3) is 11.1 Å². The molecule has 1 saturated heterocycles. The van der Waals surface area contributed by atoms with E-state index in [0.717, 1.165) is 21.6 Å². The largest absolute Gasteiger partial charge is 0.465 e. The van der Waals surface area contributed by atoms with Crippen molar-refractivity contribution >= 4 is 12.0 Å². The molecular weight excluding hydrogens is 458 g/mol. The first-order valence-electron chi connectivity index (χ1n) is 12.2. The van der Waals surface area contributed by atoms with Crippen LogP contribution in [0.1, 0.15) is 53.5 Å². The summed E-state index contributed by atoms with van der Waals surface area (Å²) in [4.78, 5) is 25.1. The van der Waals surface area contributed by atoms with E-state index < -0.39 is 30.3 Å². The third kappa shape index (κ3) is 8.73. The topological polar surface area (TPSA) is 85.3 Å². The molecule has 1 fully saturated rings. The van der Waals surface area contributed by atoms with Gasteiger partial charge in [-0.25, -0.2) is 9.69 Å². The van der Waals surface area contributed by atoms with Gasteiger partial charge in [0, 0.05) is 20.3 Å². The lowest BCUT2D eigenvalue weighted by atomic mass is 9.97. The SMILES string of the molecule is CC(C)(C)OC(C)(C)C.COC(OC)[C@@H]1C[C@@H](Cc2ccc(-c3ccccc3)cc2)N(C(=O)O)C1=O. The van der Waals surface area contributed by atoms with Gasteiger partial charge in [-0.3, -0.25) is 4.79 Å². The molecule has 0 spiro atoms. The lowest BCUT2D eigenvalue weighted by molar-refractivity contribution is -0.157. The maximum absolute atomic E-state index is 12.5. The molecule has 2 aromatic rings. The smallest absolute Gasteiger partial charge is 0.414 e. The van der Waals surface area contributed by atoms with Crippen LogP contribution >= 0.6 is 0 Å². The van der Waals surface area contributed by atoms with Gasteiger partial charge >= 0.3 is 6.09 Å². The Hall–Kier alpha value is -2.74. The number of carbonyl (C=O) groups is 2. The fraction of sp³-hybridized carbons (Fsp3) is 0.517. The lowest BCUT2D eigenvalue weighted by Gasteiger charge is -2.30. The number of imide groups is 1. The summed E-state index contributed by atoms with van der Waals surface area (Å²) in [7, 11) is 2.89. The molecule has 198 valence electrons. The molecule has 2 aromatic carbocycles. The molecule has 0 bridgehead atoms. The maximum atomic E-state index is 12.5. The predicted molar refractivity (Wildman–Crippen MR) is 141 cm³/mol. The van der Waals surface area contributed by atoms with E-state index >= 15 is 0 Å². The lowest BCUT2D eigenvalue weighted by Crippen LogP contribution is -2.40. The molecule has 0 aliphatic carbocycles. The third-order valence-electron chi connectivity index (χ3n) is 5.59. The number of likely N-dealkylation sites (tertiary alicyclic amines) is 1. The fourth-order valence-corrected chi connectivity index (χ4v) is 4.59. The summed E-state index contributed by atoms with van der Waals surface area (Å²) >= 11 is 0. The van der Waals surface area contributed by atoms with E-state index in [4.69, 9.17) is 14.2 Å². The minimum atomic E-state index is -1.24. The number of hydrogen-bond donors (Lipinski definition) is 1. The van der Waals surface area contributed by atoms with E-state index in [-0.39, 0.29) is 11.2 Å². The van der Waals surface area contributed by atoms with Crippen LogP contribution in [-0.4, -0.2) is 59.8 Å². The van der Waals surface area contributed by atoms with Gasteiger partial charge < -0.3 is 19.3 Å². The Labute approximate surface area is 215 Å². The zero-order valence-corrected chi connectivity index (χ0v) is 22.8. The Morgan fingerprint density at radius 2 is 1.42 bits per heavy atom. The van der Waals surface area contributed by atoms with E-state index in [1.54, 1.807) is 0 Å². The number of ether oxygens (including phenoxy) is 3. The highest BCUT2D eigenvalue weighted by atomic mass is 16.7. The molecule has 1 aliphatic rings. The van der Waals surface area contributed by atoms with Crippen LogP contribution in [0, 0.1) is 5.92 Å². The maximum Gasteiger partial charge on any atom is 0.414 e. The molecule has 0 aromatic heterocycles. The number of rotatable bonds is 6. The van der Waals surface area contributed by atoms with Crippen molar-refractivity contribution < 1.29 is 28.9 Å². The Morgan fingerprint density at radius 1 is 0.917 bits per heavy atom. The van der Waals surface area contributed by atoms with Crippen molar-refractivity contribution in [3.05, 3.63) is 60.2 Å². The van der Waals surface area contributed by atoms with E-state index in [0.29, 0.717) is 12.8 Å². The molecule has 1 N–H and O–H groups in total. The van der Waals surface area contributed by atoms with Gasteiger partial charge in [0.15, 0.2) is 6.29 Å². The first kappa shape index (κ1) is 29.5. The second kappa shape index (κ2) is 12.5. The van der Waals surface area contributed by atoms with Crippen LogP contribution < -0.4 is 0 Å². The molecule has 2 atom stereocenters. The predicted octanol–water partition coefficient (Wildman–Crippen LogP) is 6.01. The average molecular weight is 500 g/mol. The standard InChI is InChI=1S/C21H23NO5.C8H18O/c1-26-20(27-2)18-13-17(22(19(18)23)21(24)25)12-14-8-10-16(11-9-14)15-6-4-3-5-7-15;1-7(2,3)9-8(4,5)6/h3-11,17-18,20H,12-13H2,1-2H3,(H,24,25);1-6H3/t17-,18-;/m1./s1. The van der Waals surface area contributed by atoms with Crippen molar-refractivity contribution in [2.24, 2.45) is 5.92 Å². The van der Waals surface area contributed by atoms with Crippen LogP contribution in [0.4, 0.5) is 4.79 Å². The molecule has 0 saturated carbocycles. The number of hydrogen-bond acceptors (Lipinski definition) is 5. The molecule has 1 heterocycles. The fourth-order valence-electron chi connectivity index (χ4n) is 4.59. The summed E-state index contributed by atoms with van der Waals surface area (Å²) < 4.78 is 16.0. The number of amides is 2. The molecule has 2 amide bonds. The van der Waals surface area contributed by atoms with Crippen LogP contribution in [0.3, 0.4) is 0 Å². The number of benzene rings is 2. The van der Waals surface area contributed by atoms with Gasteiger partial charge in [-0.1, -0.05) is 54.6 Å². The quantitative estimate of drug-likeness (QED) is 0.490. The Morgan fingerprint density at radius 3 is 1.83 bits per heavy atom. The third-order valence-corrected chi connectivity index (χ3v) is 5.59. The van der Waals surface area contributed by atoms with Crippen LogP contribution in [0.5, 0.6) is 0 Å². The minimum absolute atomic E-state index is 0.0156. The van der Waals surface area contributed by atoms with Crippen LogP contribution in [0.15, 0.2) is 54.6 Å². The van der Waals surface area contributed by atoms with Crippen molar-refractivity contribution in [2.75, 3.05) is 14.2 Å². The summed E-state index contributed by atoms with van der Waals surface area (Å²) in [5, 5.41) is 9.49. The van der Waals surface area contributed by atoms with E-state index in [1.807, 2.05) is 54.6 Å². The Balaban J connectivity index is 0.000000434. The van der Waals surface area contributed by atoms with Gasteiger partial charge in [0.1, 0.15) is 0 Å². The zero-order valence-electron chi connectivity index (χ0n) is 22.8. The number of methoxy groups -OCH3 is 2. The minimum Gasteiger partial charge on any atom is -0.465 e. The van der Waals surface area contributed by atoms with Gasteiger partial charge in [0.25, 0.3) is 0 Å². The highest BCUT2D eigenvalue weighted by molar-refractivity contribution is 5.95. The van der Waals surface area contributed by atoms with Gasteiger partial charge in [0.2, 0.25) is 5.91 Å². The number of carboxylic acid groups (broad SMARTS) is 1. The van der Waals surface area contributed by atoms with Crippen molar-refractivity contribution in [2.45, 2.75) is 77.9 Å². The summed E-state index contributed by atoms with van der Waals surface area (Å²) in [6.07, 6.45) is -1.15. The molecule has 0 unspecified atom stereocenters. The monoisotopic (exact) mass is 499 g/mol. The molecule has 7 heteroatoms. The number of nitrogens with zero attached hydrogens (tertiary/aromatic N) is 1. The highest BCUT2D eigenvalue weighted by Gasteiger charge is 2.47. The highest BCUT2D eigenvalue weighted by Crippen LogP contribution is 2.31. The van der Waals surface area contributed by atoms with Crippen molar-refractivity contribution in [1.29, 1.82) is 0 Å². The van der Waals surface area contributed by atoms with Crippen LogP contribution in [0.2, 0.25) is 0 Å². The van der Waals surface area contributed by atoms with Crippen molar-refractivity contribution in [1.82, 2.24) is 4.90 Å². The van der Waals surface area contributed by atoms with Gasteiger partial charge in [-0.05, 0) is 71.1 Å². The van der Waals surface area contributed by atoms with E-state index in [2.05, 4.69) is 41.5 Å². The molecule has 0 radical (unpaired) electrons. The van der Waals surface area contributed by atoms with Crippen molar-refractivity contribution in [3.63, 3.8) is 0 Å². The average Bonchev–Trinajstić information content (AvgIpc) is 3.09. The normalized spacial score (nSPS) is 18.2. The molecule has 36 heavy (non-hydrogen) atoms. The van der Waals surface area contributed by atoms with Gasteiger partial charge in [0.05, 0.1) is 17.1 Å². The molecule has 3 rings (SSSR count). The number of carbonyl (C=O) groups excluding carboxylic acids is 1. The second-order valence-corrected chi connectivity index (χ2v) is 10.9. The van der Waals surface area contributed by atoms with Gasteiger partial charge in [-0.15, -0.1) is 0 Å². The first-order valence-corrected chi connectivity index (χ1v) is 12.2.